The maximum Gasteiger partial charge on any atom is 0.202 e. The van der Waals surface area contributed by atoms with E-state index in [1.807, 2.05) is 0 Å². The molecule has 27 heavy (non-hydrogen) atoms. The van der Waals surface area contributed by atoms with Crippen LogP contribution in [0.3, 0.4) is 0 Å². The average Bonchev–Trinajstić information content (AvgIpc) is 3.04. The lowest BCUT2D eigenvalue weighted by Crippen LogP contribution is -2.33. The largest absolute Gasteiger partial charge is 0.381 e. The van der Waals surface area contributed by atoms with Crippen molar-refractivity contribution in [2.45, 2.75) is 0 Å². The summed E-state index contributed by atoms with van der Waals surface area (Å²) in [6.45, 7) is 2.16. The summed E-state index contributed by atoms with van der Waals surface area (Å²) in [7, 11) is 0. The topological polar surface area (TPSA) is 110 Å². The summed E-state index contributed by atoms with van der Waals surface area (Å²) in [6.07, 6.45) is 1.50. The van der Waals surface area contributed by atoms with Crippen LogP contribution in [-0.2, 0) is 4.74 Å². The second-order valence-electron chi connectivity index (χ2n) is 6.19. The number of hydroxylamine groups is 1. The second-order valence-corrected chi connectivity index (χ2v) is 6.59. The molecule has 0 spiro atoms. The van der Waals surface area contributed by atoms with Crippen LogP contribution in [0.25, 0.3) is 11.2 Å². The molecule has 3 aromatic rings. The molecule has 4 rings (SSSR count). The molecule has 140 valence electrons. The number of anilines is 2. The molecule has 1 saturated heterocycles. The monoisotopic (exact) mass is 390 g/mol. The fourth-order valence-corrected chi connectivity index (χ4v) is 2.87. The van der Waals surface area contributed by atoms with Crippen LogP contribution in [0.5, 0.6) is 0 Å². The van der Waals surface area contributed by atoms with Crippen molar-refractivity contribution in [3.63, 3.8) is 0 Å². The van der Waals surface area contributed by atoms with Crippen molar-refractivity contribution < 1.29 is 14.3 Å². The van der Waals surface area contributed by atoms with Gasteiger partial charge in [0.05, 0.1) is 29.4 Å². The van der Waals surface area contributed by atoms with Crippen LogP contribution in [0.2, 0.25) is 5.02 Å². The fraction of sp³-hybridized carbons (Fsp3) is 0.235. The highest BCUT2D eigenvalue weighted by Gasteiger charge is 2.20. The van der Waals surface area contributed by atoms with Crippen molar-refractivity contribution in [3.05, 3.63) is 46.9 Å². The van der Waals surface area contributed by atoms with E-state index in [2.05, 4.69) is 20.3 Å². The van der Waals surface area contributed by atoms with Gasteiger partial charge in [-0.1, -0.05) is 11.6 Å². The van der Waals surface area contributed by atoms with Crippen LogP contribution in [0.4, 0.5) is 16.0 Å². The van der Waals surface area contributed by atoms with Crippen molar-refractivity contribution in [3.8, 4) is 0 Å². The highest BCUT2D eigenvalue weighted by Crippen LogP contribution is 2.25. The smallest absolute Gasteiger partial charge is 0.202 e. The molecule has 4 N–H and O–H groups in total. The number of nitrogens with zero attached hydrogens (tertiary/aromatic N) is 3. The van der Waals surface area contributed by atoms with Gasteiger partial charge in [0, 0.05) is 24.2 Å². The van der Waals surface area contributed by atoms with Gasteiger partial charge in [0.2, 0.25) is 5.95 Å². The summed E-state index contributed by atoms with van der Waals surface area (Å²) in [6, 6.07) is 5.28. The van der Waals surface area contributed by atoms with Crippen LogP contribution < -0.4 is 10.4 Å². The lowest BCUT2D eigenvalue weighted by Gasteiger charge is -2.25. The first-order chi connectivity index (χ1) is 13.0. The van der Waals surface area contributed by atoms with Gasteiger partial charge >= 0.3 is 0 Å². The summed E-state index contributed by atoms with van der Waals surface area (Å²) in [5.74, 6) is 0.138. The summed E-state index contributed by atoms with van der Waals surface area (Å²) < 4.78 is 18.5. The number of aromatic amines is 1. The van der Waals surface area contributed by atoms with E-state index in [9.17, 15) is 9.60 Å². The van der Waals surface area contributed by atoms with Crippen molar-refractivity contribution in [2.24, 2.45) is 5.92 Å². The van der Waals surface area contributed by atoms with Gasteiger partial charge in [-0.25, -0.2) is 14.4 Å². The molecular formula is C17H16ClFN6O2. The first kappa shape index (κ1) is 17.7. The molecule has 0 amide bonds. The zero-order valence-corrected chi connectivity index (χ0v) is 14.8. The number of benzene rings is 1. The number of halogens is 2. The maximum absolute atomic E-state index is 13.3. The summed E-state index contributed by atoms with van der Waals surface area (Å²) >= 11 is 5.76. The van der Waals surface area contributed by atoms with Crippen molar-refractivity contribution in [1.82, 2.24) is 15.0 Å². The molecule has 1 aliphatic heterocycles. The summed E-state index contributed by atoms with van der Waals surface area (Å²) in [5, 5.41) is 22.4. The number of hydrogen-bond donors (Lipinski definition) is 4. The second kappa shape index (κ2) is 7.10. The number of imidazole rings is 1. The SMILES string of the molecule is N=C(c1ccnc2nc(NCC3COC3)[nH]c12)N(O)c1ccc(F)c(Cl)c1. The van der Waals surface area contributed by atoms with Crippen LogP contribution in [0, 0.1) is 17.1 Å². The molecule has 3 heterocycles. The van der Waals surface area contributed by atoms with E-state index in [4.69, 9.17) is 21.7 Å². The molecule has 1 aromatic carbocycles. The molecule has 0 aliphatic carbocycles. The fourth-order valence-electron chi connectivity index (χ4n) is 2.70. The van der Waals surface area contributed by atoms with E-state index in [1.54, 1.807) is 6.07 Å². The number of amidine groups is 1. The third-order valence-electron chi connectivity index (χ3n) is 4.27. The minimum absolute atomic E-state index is 0.146. The van der Waals surface area contributed by atoms with Gasteiger partial charge in [-0.2, -0.15) is 4.98 Å². The Hall–Kier alpha value is -2.75. The Morgan fingerprint density at radius 3 is 2.96 bits per heavy atom. The summed E-state index contributed by atoms with van der Waals surface area (Å²) in [4.78, 5) is 11.6. The van der Waals surface area contributed by atoms with Crippen molar-refractivity contribution >= 4 is 40.2 Å². The molecule has 0 unspecified atom stereocenters. The zero-order chi connectivity index (χ0) is 19.0. The highest BCUT2D eigenvalue weighted by molar-refractivity contribution is 6.31. The van der Waals surface area contributed by atoms with Gasteiger partial charge in [-0.3, -0.25) is 10.6 Å². The minimum Gasteiger partial charge on any atom is -0.381 e. The van der Waals surface area contributed by atoms with Gasteiger partial charge in [-0.15, -0.1) is 0 Å². The molecule has 1 fully saturated rings. The van der Waals surface area contributed by atoms with Crippen LogP contribution in [0.1, 0.15) is 5.56 Å². The Balaban J connectivity index is 1.60. The Labute approximate surface area is 158 Å². The Kier molecular flexibility index (Phi) is 4.65. The van der Waals surface area contributed by atoms with Gasteiger partial charge in [0.25, 0.3) is 0 Å². The average molecular weight is 391 g/mol. The van der Waals surface area contributed by atoms with Crippen molar-refractivity contribution in [2.75, 3.05) is 30.1 Å². The van der Waals surface area contributed by atoms with E-state index in [0.29, 0.717) is 40.2 Å². The number of nitrogens with one attached hydrogen (secondary N) is 3. The third-order valence-corrected chi connectivity index (χ3v) is 4.56. The lowest BCUT2D eigenvalue weighted by molar-refractivity contribution is -0.0249. The molecule has 0 bridgehead atoms. The number of aromatic nitrogens is 3. The Morgan fingerprint density at radius 2 is 2.26 bits per heavy atom. The number of fused-ring (bicyclic) bond motifs is 1. The first-order valence-electron chi connectivity index (χ1n) is 8.22. The summed E-state index contributed by atoms with van der Waals surface area (Å²) in [5.41, 5.74) is 1.46. The van der Waals surface area contributed by atoms with Gasteiger partial charge in [0.1, 0.15) is 5.82 Å². The molecular weight excluding hydrogens is 375 g/mol. The van der Waals surface area contributed by atoms with Crippen LogP contribution in [-0.4, -0.2) is 45.8 Å². The lowest BCUT2D eigenvalue weighted by atomic mass is 10.1. The van der Waals surface area contributed by atoms with Gasteiger partial charge < -0.3 is 15.0 Å². The van der Waals surface area contributed by atoms with Crippen molar-refractivity contribution in [1.29, 1.82) is 5.41 Å². The van der Waals surface area contributed by atoms with E-state index in [0.717, 1.165) is 19.3 Å². The standard InChI is InChI=1S/C17H16ClFN6O2/c18-12-5-10(1-2-13(12)19)25(26)15(20)11-3-4-21-16-14(11)23-17(24-16)22-6-9-7-27-8-9/h1-5,9,20,26H,6-8H2,(H2,21,22,23,24). The Bertz CT molecular complexity index is 1010. The molecule has 0 atom stereocenters. The molecule has 8 nitrogen and oxygen atoms in total. The maximum atomic E-state index is 13.3. The predicted molar refractivity (Wildman–Crippen MR) is 99.2 cm³/mol. The Morgan fingerprint density at radius 1 is 1.44 bits per heavy atom. The third kappa shape index (κ3) is 3.44. The molecule has 1 aliphatic rings. The van der Waals surface area contributed by atoms with Gasteiger partial charge in [0.15, 0.2) is 11.5 Å². The molecule has 10 heteroatoms. The van der Waals surface area contributed by atoms with Gasteiger partial charge in [-0.05, 0) is 24.3 Å². The first-order valence-corrected chi connectivity index (χ1v) is 8.60. The molecule has 0 radical (unpaired) electrons. The van der Waals surface area contributed by atoms with E-state index in [-0.39, 0.29) is 16.5 Å². The number of ether oxygens (including phenoxy) is 1. The number of rotatable bonds is 5. The zero-order valence-electron chi connectivity index (χ0n) is 14.0. The van der Waals surface area contributed by atoms with E-state index >= 15 is 0 Å². The van der Waals surface area contributed by atoms with Crippen LogP contribution >= 0.6 is 11.6 Å². The predicted octanol–water partition coefficient (Wildman–Crippen LogP) is 3.03. The number of pyridine rings is 1. The van der Waals surface area contributed by atoms with Crippen LogP contribution in [0.15, 0.2) is 30.5 Å². The van der Waals surface area contributed by atoms with E-state index in [1.165, 1.54) is 18.3 Å². The quantitative estimate of drug-likeness (QED) is 0.303. The normalized spacial score (nSPS) is 14.2. The number of hydrogen-bond acceptors (Lipinski definition) is 6. The minimum atomic E-state index is -0.604. The van der Waals surface area contributed by atoms with E-state index < -0.39 is 5.82 Å². The molecule has 0 saturated carbocycles. The highest BCUT2D eigenvalue weighted by atomic mass is 35.5. The number of H-pyrrole nitrogens is 1. The molecule has 2 aromatic heterocycles.